The van der Waals surface area contributed by atoms with Gasteiger partial charge in [-0.15, -0.1) is 0 Å². The van der Waals surface area contributed by atoms with Crippen LogP contribution in [0.1, 0.15) is 25.7 Å². The van der Waals surface area contributed by atoms with Crippen LogP contribution in [0.4, 0.5) is 4.39 Å². The summed E-state index contributed by atoms with van der Waals surface area (Å²) in [5, 5.41) is 8.68. The molecule has 0 unspecified atom stereocenters. The van der Waals surface area contributed by atoms with Crippen molar-refractivity contribution < 1.29 is 19.0 Å². The summed E-state index contributed by atoms with van der Waals surface area (Å²) in [6, 6.07) is 20.0. The predicted octanol–water partition coefficient (Wildman–Crippen LogP) is 5.58. The zero-order valence-electron chi connectivity index (χ0n) is 15.5. The van der Waals surface area contributed by atoms with E-state index in [2.05, 4.69) is 4.98 Å². The third-order valence-corrected chi connectivity index (χ3v) is 4.34. The zero-order chi connectivity index (χ0) is 19.8. The Bertz CT molecular complexity index is 928. The van der Waals surface area contributed by atoms with Gasteiger partial charge in [0.2, 0.25) is 5.88 Å². The maximum absolute atomic E-state index is 14.3. The zero-order valence-corrected chi connectivity index (χ0v) is 15.5. The van der Waals surface area contributed by atoms with E-state index in [0.29, 0.717) is 30.2 Å². The molecule has 1 aromatic heterocycles. The summed E-state index contributed by atoms with van der Waals surface area (Å²) in [5.74, 6) is -0.689. The van der Waals surface area contributed by atoms with Crippen molar-refractivity contribution in [3.8, 4) is 28.3 Å². The Morgan fingerprint density at radius 1 is 0.929 bits per heavy atom. The fourth-order valence-corrected chi connectivity index (χ4v) is 2.92. The monoisotopic (exact) mass is 379 g/mol. The smallest absolute Gasteiger partial charge is 0.303 e. The lowest BCUT2D eigenvalue weighted by Crippen LogP contribution is -2.02. The number of carbonyl (C=O) groups is 1. The molecule has 0 bridgehead atoms. The molecular formula is C23H22FNO3. The second-order valence-corrected chi connectivity index (χ2v) is 6.48. The molecule has 3 aromatic rings. The molecular weight excluding hydrogens is 357 g/mol. The Morgan fingerprint density at radius 2 is 1.68 bits per heavy atom. The number of aromatic nitrogens is 1. The molecule has 3 rings (SSSR count). The normalized spacial score (nSPS) is 10.6. The molecule has 0 aliphatic carbocycles. The van der Waals surface area contributed by atoms with Crippen molar-refractivity contribution in [1.29, 1.82) is 0 Å². The molecule has 0 radical (unpaired) electrons. The maximum atomic E-state index is 14.3. The van der Waals surface area contributed by atoms with Crippen molar-refractivity contribution in [1.82, 2.24) is 4.98 Å². The lowest BCUT2D eigenvalue weighted by atomic mass is 10.0. The van der Waals surface area contributed by atoms with Crippen LogP contribution in [0.25, 0.3) is 22.4 Å². The van der Waals surface area contributed by atoms with E-state index in [-0.39, 0.29) is 12.2 Å². The summed E-state index contributed by atoms with van der Waals surface area (Å²) in [4.78, 5) is 15.0. The Balaban J connectivity index is 1.80. The third kappa shape index (κ3) is 5.39. The number of halogens is 1. The van der Waals surface area contributed by atoms with Gasteiger partial charge in [-0.05, 0) is 48.6 Å². The van der Waals surface area contributed by atoms with Gasteiger partial charge in [0.25, 0.3) is 0 Å². The quantitative estimate of drug-likeness (QED) is 0.493. The number of rotatable bonds is 9. The van der Waals surface area contributed by atoms with Crippen molar-refractivity contribution in [2.75, 3.05) is 6.61 Å². The summed E-state index contributed by atoms with van der Waals surface area (Å²) in [5.41, 5.74) is 2.83. The Morgan fingerprint density at radius 3 is 2.43 bits per heavy atom. The van der Waals surface area contributed by atoms with E-state index in [9.17, 15) is 9.18 Å². The molecule has 5 heteroatoms. The Hall–Kier alpha value is -3.21. The number of benzene rings is 2. The Kier molecular flexibility index (Phi) is 6.73. The van der Waals surface area contributed by atoms with E-state index < -0.39 is 5.97 Å². The van der Waals surface area contributed by atoms with E-state index >= 15 is 0 Å². The van der Waals surface area contributed by atoms with Gasteiger partial charge in [0.15, 0.2) is 0 Å². The lowest BCUT2D eigenvalue weighted by molar-refractivity contribution is -0.137. The Labute approximate surface area is 163 Å². The summed E-state index contributed by atoms with van der Waals surface area (Å²) >= 11 is 0. The highest BCUT2D eigenvalue weighted by atomic mass is 19.1. The largest absolute Gasteiger partial charge is 0.481 e. The molecule has 0 amide bonds. The summed E-state index contributed by atoms with van der Waals surface area (Å²) in [7, 11) is 0. The SMILES string of the molecule is O=C(O)CCCCCOc1cc(-c2ccccc2)cc(-c2ccccc2F)n1. The number of unbranched alkanes of at least 4 members (excludes halogenated alkanes) is 2. The number of nitrogens with zero attached hydrogens (tertiary/aromatic N) is 1. The van der Waals surface area contributed by atoms with E-state index in [4.69, 9.17) is 9.84 Å². The lowest BCUT2D eigenvalue weighted by Gasteiger charge is -2.11. The highest BCUT2D eigenvalue weighted by molar-refractivity contribution is 5.72. The van der Waals surface area contributed by atoms with Crippen molar-refractivity contribution >= 4 is 5.97 Å². The number of carboxylic acid groups (broad SMARTS) is 1. The highest BCUT2D eigenvalue weighted by Crippen LogP contribution is 2.30. The molecule has 0 saturated carbocycles. The minimum absolute atomic E-state index is 0.166. The summed E-state index contributed by atoms with van der Waals surface area (Å²) < 4.78 is 20.1. The average Bonchev–Trinajstić information content (AvgIpc) is 2.71. The van der Waals surface area contributed by atoms with Crippen LogP contribution in [-0.2, 0) is 4.79 Å². The number of carboxylic acids is 1. The van der Waals surface area contributed by atoms with Crippen molar-refractivity contribution in [2.24, 2.45) is 0 Å². The standard InChI is InChI=1S/C23H22FNO3/c24-20-12-7-6-11-19(20)21-15-18(17-9-3-1-4-10-17)16-22(25-21)28-14-8-2-5-13-23(26)27/h1,3-4,6-7,9-12,15-16H,2,5,8,13-14H2,(H,26,27). The molecule has 28 heavy (non-hydrogen) atoms. The van der Waals surface area contributed by atoms with Crippen LogP contribution in [-0.4, -0.2) is 22.7 Å². The minimum Gasteiger partial charge on any atom is -0.481 e. The van der Waals surface area contributed by atoms with Gasteiger partial charge in [-0.3, -0.25) is 4.79 Å². The van der Waals surface area contributed by atoms with Gasteiger partial charge in [-0.1, -0.05) is 42.5 Å². The van der Waals surface area contributed by atoms with E-state index in [1.54, 1.807) is 18.2 Å². The molecule has 0 fully saturated rings. The summed E-state index contributed by atoms with van der Waals surface area (Å²) in [6.07, 6.45) is 2.29. The highest BCUT2D eigenvalue weighted by Gasteiger charge is 2.11. The van der Waals surface area contributed by atoms with Crippen LogP contribution in [0.2, 0.25) is 0 Å². The molecule has 0 aliphatic rings. The van der Waals surface area contributed by atoms with Gasteiger partial charge < -0.3 is 9.84 Å². The molecule has 0 aliphatic heterocycles. The van der Waals surface area contributed by atoms with Gasteiger partial charge in [-0.25, -0.2) is 9.37 Å². The van der Waals surface area contributed by atoms with E-state index in [1.807, 2.05) is 42.5 Å². The number of hydrogen-bond acceptors (Lipinski definition) is 3. The first-order valence-corrected chi connectivity index (χ1v) is 9.30. The van der Waals surface area contributed by atoms with Gasteiger partial charge in [0.1, 0.15) is 5.82 Å². The second-order valence-electron chi connectivity index (χ2n) is 6.48. The van der Waals surface area contributed by atoms with Crippen molar-refractivity contribution in [3.63, 3.8) is 0 Å². The van der Waals surface area contributed by atoms with E-state index in [0.717, 1.165) is 24.0 Å². The summed E-state index contributed by atoms with van der Waals surface area (Å²) in [6.45, 7) is 0.432. The van der Waals surface area contributed by atoms with Crippen LogP contribution in [0.15, 0.2) is 66.7 Å². The van der Waals surface area contributed by atoms with Crippen LogP contribution in [0, 0.1) is 5.82 Å². The van der Waals surface area contributed by atoms with Crippen LogP contribution in [0.3, 0.4) is 0 Å². The first-order chi connectivity index (χ1) is 13.6. The predicted molar refractivity (Wildman–Crippen MR) is 107 cm³/mol. The first-order valence-electron chi connectivity index (χ1n) is 9.30. The number of hydrogen-bond donors (Lipinski definition) is 1. The number of ether oxygens (including phenoxy) is 1. The molecule has 4 nitrogen and oxygen atoms in total. The van der Waals surface area contributed by atoms with Crippen LogP contribution in [0.5, 0.6) is 5.88 Å². The van der Waals surface area contributed by atoms with Crippen molar-refractivity contribution in [3.05, 3.63) is 72.5 Å². The fraction of sp³-hybridized carbons (Fsp3) is 0.217. The van der Waals surface area contributed by atoms with Crippen molar-refractivity contribution in [2.45, 2.75) is 25.7 Å². The molecule has 144 valence electrons. The molecule has 2 aromatic carbocycles. The number of aliphatic carboxylic acids is 1. The number of pyridine rings is 1. The fourth-order valence-electron chi connectivity index (χ4n) is 2.92. The molecule has 0 spiro atoms. The van der Waals surface area contributed by atoms with Gasteiger partial charge in [-0.2, -0.15) is 0 Å². The maximum Gasteiger partial charge on any atom is 0.303 e. The molecule has 1 heterocycles. The van der Waals surface area contributed by atoms with E-state index in [1.165, 1.54) is 6.07 Å². The molecule has 1 N–H and O–H groups in total. The average molecular weight is 379 g/mol. The van der Waals surface area contributed by atoms with Crippen LogP contribution < -0.4 is 4.74 Å². The minimum atomic E-state index is -0.785. The first kappa shape index (κ1) is 19.5. The topological polar surface area (TPSA) is 59.4 Å². The van der Waals surface area contributed by atoms with Gasteiger partial charge >= 0.3 is 5.97 Å². The molecule has 0 saturated heterocycles. The van der Waals surface area contributed by atoms with Gasteiger partial charge in [0.05, 0.1) is 12.3 Å². The molecule has 0 atom stereocenters. The van der Waals surface area contributed by atoms with Gasteiger partial charge in [0, 0.05) is 18.1 Å². The second kappa shape index (κ2) is 9.65. The third-order valence-electron chi connectivity index (χ3n) is 4.34. The van der Waals surface area contributed by atoms with Crippen LogP contribution >= 0.6 is 0 Å².